The van der Waals surface area contributed by atoms with E-state index in [0.717, 1.165) is 68.6 Å². The van der Waals surface area contributed by atoms with Gasteiger partial charge in [-0.15, -0.1) is 0 Å². The van der Waals surface area contributed by atoms with Crippen molar-refractivity contribution in [3.63, 3.8) is 0 Å². The minimum absolute atomic E-state index is 0.180. The van der Waals surface area contributed by atoms with Crippen molar-refractivity contribution in [3.8, 4) is 11.5 Å². The zero-order chi connectivity index (χ0) is 27.2. The first kappa shape index (κ1) is 28.1. The van der Waals surface area contributed by atoms with Crippen molar-refractivity contribution < 1.29 is 18.3 Å². The van der Waals surface area contributed by atoms with Crippen LogP contribution in [0.4, 0.5) is 20.5 Å². The van der Waals surface area contributed by atoms with Gasteiger partial charge in [-0.2, -0.15) is 4.98 Å². The molecule has 1 aromatic heterocycles. The number of fused-ring (bicyclic) bond motifs is 1. The van der Waals surface area contributed by atoms with E-state index in [9.17, 15) is 8.78 Å². The number of ether oxygens (including phenoxy) is 2. The highest BCUT2D eigenvalue weighted by Crippen LogP contribution is 2.37. The highest BCUT2D eigenvalue weighted by atomic mass is 19.3. The van der Waals surface area contributed by atoms with Gasteiger partial charge in [0, 0.05) is 63.1 Å². The number of anilines is 2. The molecule has 0 atom stereocenters. The third kappa shape index (κ3) is 7.20. The molecule has 0 spiro atoms. The number of hydrogen-bond donors (Lipinski definition) is 1. The number of nitrogens with zero attached hydrogens (tertiary/aromatic N) is 5. The summed E-state index contributed by atoms with van der Waals surface area (Å²) in [5.41, 5.74) is 0.735. The summed E-state index contributed by atoms with van der Waals surface area (Å²) in [5, 5.41) is 4.54. The molecule has 0 aliphatic carbocycles. The van der Waals surface area contributed by atoms with Gasteiger partial charge >= 0.3 is 0 Å². The fourth-order valence-corrected chi connectivity index (χ4v) is 5.97. The summed E-state index contributed by atoms with van der Waals surface area (Å²) >= 11 is 0. The van der Waals surface area contributed by atoms with Crippen molar-refractivity contribution in [2.24, 2.45) is 0 Å². The van der Waals surface area contributed by atoms with Crippen molar-refractivity contribution in [1.29, 1.82) is 0 Å². The number of likely N-dealkylation sites (tertiary alicyclic amines) is 2. The fraction of sp³-hybridized carbons (Fsp3) is 0.724. The van der Waals surface area contributed by atoms with Crippen LogP contribution in [0.5, 0.6) is 11.5 Å². The molecule has 2 aromatic rings. The molecule has 0 unspecified atom stereocenters. The third-order valence-electron chi connectivity index (χ3n) is 8.29. The van der Waals surface area contributed by atoms with E-state index in [2.05, 4.69) is 22.0 Å². The van der Waals surface area contributed by atoms with E-state index in [-0.39, 0.29) is 25.9 Å². The number of benzene rings is 1. The SMILES string of the molecule is CCCN1CCC(Nc2nc(N3CCC(F)(F)CC3)nc3cc(OCCCN4CCCC4)c(OC)cc23)CC1. The fourth-order valence-electron chi connectivity index (χ4n) is 5.97. The monoisotopic (exact) mass is 546 g/mol. The van der Waals surface area contributed by atoms with Gasteiger partial charge in [0.2, 0.25) is 5.95 Å². The van der Waals surface area contributed by atoms with Gasteiger partial charge in [-0.05, 0) is 64.2 Å². The minimum atomic E-state index is -2.62. The Morgan fingerprint density at radius 1 is 0.949 bits per heavy atom. The molecular weight excluding hydrogens is 502 g/mol. The van der Waals surface area contributed by atoms with Gasteiger partial charge in [-0.3, -0.25) is 0 Å². The van der Waals surface area contributed by atoms with Crippen LogP contribution in [-0.2, 0) is 0 Å². The summed E-state index contributed by atoms with van der Waals surface area (Å²) < 4.78 is 39.7. The largest absolute Gasteiger partial charge is 0.493 e. The first-order valence-corrected chi connectivity index (χ1v) is 14.8. The Balaban J connectivity index is 1.37. The van der Waals surface area contributed by atoms with E-state index < -0.39 is 5.92 Å². The van der Waals surface area contributed by atoms with Crippen LogP contribution in [0.2, 0.25) is 0 Å². The van der Waals surface area contributed by atoms with E-state index in [1.165, 1.54) is 25.9 Å². The minimum Gasteiger partial charge on any atom is -0.493 e. The van der Waals surface area contributed by atoms with Crippen molar-refractivity contribution in [2.45, 2.75) is 70.3 Å². The maximum atomic E-state index is 13.9. The Morgan fingerprint density at radius 3 is 2.36 bits per heavy atom. The molecule has 1 N–H and O–H groups in total. The van der Waals surface area contributed by atoms with Crippen molar-refractivity contribution in [1.82, 2.24) is 19.8 Å². The van der Waals surface area contributed by atoms with Crippen LogP contribution >= 0.6 is 0 Å². The molecule has 3 aliphatic heterocycles. The molecular formula is C29H44F2N6O2. The molecule has 0 amide bonds. The lowest BCUT2D eigenvalue weighted by molar-refractivity contribution is -0.0222. The average Bonchev–Trinajstić information content (AvgIpc) is 3.45. The van der Waals surface area contributed by atoms with Crippen LogP contribution in [0.15, 0.2) is 12.1 Å². The molecule has 4 heterocycles. The quantitative estimate of drug-likeness (QED) is 0.394. The van der Waals surface area contributed by atoms with E-state index >= 15 is 0 Å². The van der Waals surface area contributed by atoms with Gasteiger partial charge in [0.1, 0.15) is 5.82 Å². The number of nitrogens with one attached hydrogen (secondary N) is 1. The maximum Gasteiger partial charge on any atom is 0.251 e. The molecule has 0 radical (unpaired) electrons. The van der Waals surface area contributed by atoms with Crippen LogP contribution in [-0.4, -0.2) is 97.8 Å². The molecule has 0 saturated carbocycles. The number of alkyl halides is 2. The number of piperidine rings is 2. The normalized spacial score (nSPS) is 21.0. The number of methoxy groups -OCH3 is 1. The summed E-state index contributed by atoms with van der Waals surface area (Å²) in [6, 6.07) is 4.17. The summed E-state index contributed by atoms with van der Waals surface area (Å²) in [7, 11) is 1.65. The van der Waals surface area contributed by atoms with Gasteiger partial charge in [0.15, 0.2) is 11.5 Å². The second kappa shape index (κ2) is 12.8. The molecule has 3 saturated heterocycles. The molecule has 10 heteroatoms. The van der Waals surface area contributed by atoms with Crippen LogP contribution in [0, 0.1) is 0 Å². The van der Waals surface area contributed by atoms with Crippen LogP contribution in [0.25, 0.3) is 10.9 Å². The second-order valence-corrected chi connectivity index (χ2v) is 11.2. The Bertz CT molecular complexity index is 1080. The Labute approximate surface area is 231 Å². The summed E-state index contributed by atoms with van der Waals surface area (Å²) in [5.74, 6) is -0.0857. The van der Waals surface area contributed by atoms with Crippen LogP contribution in [0.3, 0.4) is 0 Å². The molecule has 0 bridgehead atoms. The predicted molar refractivity (Wildman–Crippen MR) is 152 cm³/mol. The molecule has 3 fully saturated rings. The van der Waals surface area contributed by atoms with E-state index in [1.807, 2.05) is 17.0 Å². The Hall–Kier alpha value is -2.46. The topological polar surface area (TPSA) is 66.0 Å². The zero-order valence-electron chi connectivity index (χ0n) is 23.6. The lowest BCUT2D eigenvalue weighted by Crippen LogP contribution is -2.41. The molecule has 3 aliphatic rings. The standard InChI is InChI=1S/C29H44F2N6O2/c1-3-11-35-15-7-22(8-16-35)32-27-23-20-25(38-2)26(39-19-6-14-36-12-4-5-13-36)21-24(23)33-28(34-27)37-17-9-29(30,31)10-18-37/h20-22H,3-19H2,1-2H3,(H,32,33,34). The van der Waals surface area contributed by atoms with Gasteiger partial charge in [-0.1, -0.05) is 6.92 Å². The number of hydrogen-bond acceptors (Lipinski definition) is 8. The highest BCUT2D eigenvalue weighted by molar-refractivity contribution is 5.93. The molecule has 39 heavy (non-hydrogen) atoms. The van der Waals surface area contributed by atoms with E-state index in [1.54, 1.807) is 7.11 Å². The Morgan fingerprint density at radius 2 is 1.67 bits per heavy atom. The van der Waals surface area contributed by atoms with Crippen molar-refractivity contribution >= 4 is 22.7 Å². The number of aromatic nitrogens is 2. The maximum absolute atomic E-state index is 13.9. The smallest absolute Gasteiger partial charge is 0.251 e. The predicted octanol–water partition coefficient (Wildman–Crippen LogP) is 5.02. The first-order valence-electron chi connectivity index (χ1n) is 14.8. The summed E-state index contributed by atoms with van der Waals surface area (Å²) in [4.78, 5) is 16.6. The number of rotatable bonds is 11. The Kier molecular flexibility index (Phi) is 9.22. The molecule has 216 valence electrons. The molecule has 5 rings (SSSR count). The van der Waals surface area contributed by atoms with Crippen LogP contribution < -0.4 is 19.7 Å². The summed E-state index contributed by atoms with van der Waals surface area (Å²) in [6.07, 6.45) is 6.38. The van der Waals surface area contributed by atoms with Gasteiger partial charge in [-0.25, -0.2) is 13.8 Å². The van der Waals surface area contributed by atoms with Gasteiger partial charge < -0.3 is 29.5 Å². The van der Waals surface area contributed by atoms with E-state index in [4.69, 9.17) is 19.4 Å². The highest BCUT2D eigenvalue weighted by Gasteiger charge is 2.35. The lowest BCUT2D eigenvalue weighted by Gasteiger charge is -2.34. The van der Waals surface area contributed by atoms with E-state index in [0.29, 0.717) is 30.1 Å². The van der Waals surface area contributed by atoms with Crippen molar-refractivity contribution in [3.05, 3.63) is 12.1 Å². The van der Waals surface area contributed by atoms with Gasteiger partial charge in [0.25, 0.3) is 5.92 Å². The van der Waals surface area contributed by atoms with Crippen LogP contribution in [0.1, 0.15) is 58.3 Å². The average molecular weight is 547 g/mol. The molecule has 8 nitrogen and oxygen atoms in total. The first-order chi connectivity index (χ1) is 18.9. The lowest BCUT2D eigenvalue weighted by atomic mass is 10.0. The number of halogens is 2. The molecule has 1 aromatic carbocycles. The summed E-state index contributed by atoms with van der Waals surface area (Å²) in [6.45, 7) is 9.92. The van der Waals surface area contributed by atoms with Gasteiger partial charge in [0.05, 0.1) is 19.2 Å². The third-order valence-corrected chi connectivity index (χ3v) is 8.29. The zero-order valence-corrected chi connectivity index (χ0v) is 23.6. The van der Waals surface area contributed by atoms with Crippen molar-refractivity contribution in [2.75, 3.05) is 76.3 Å². The second-order valence-electron chi connectivity index (χ2n) is 11.2.